The summed E-state index contributed by atoms with van der Waals surface area (Å²) in [5, 5.41) is 18.1. The summed E-state index contributed by atoms with van der Waals surface area (Å²) < 4.78 is 5.69. The molecule has 2 atom stereocenters. The molecule has 1 fully saturated rings. The van der Waals surface area contributed by atoms with Gasteiger partial charge in [0.1, 0.15) is 0 Å². The third kappa shape index (κ3) is 2.89. The average molecular weight is 273 g/mol. The molecule has 5 nitrogen and oxygen atoms in total. The first-order valence-electron chi connectivity index (χ1n) is 7.00. The van der Waals surface area contributed by atoms with E-state index < -0.39 is 0 Å². The Hall–Kier alpha value is -1.72. The number of likely N-dealkylation sites (tertiary alicyclic amines) is 1. The van der Waals surface area contributed by atoms with Crippen molar-refractivity contribution in [1.29, 1.82) is 0 Å². The molecular formula is C15H19N3O2. The van der Waals surface area contributed by atoms with E-state index in [0.717, 1.165) is 18.5 Å². The summed E-state index contributed by atoms with van der Waals surface area (Å²) in [7, 11) is 0. The molecule has 2 aromatic rings. The first-order valence-corrected chi connectivity index (χ1v) is 7.00. The van der Waals surface area contributed by atoms with Gasteiger partial charge in [0.05, 0.1) is 12.6 Å². The van der Waals surface area contributed by atoms with E-state index in [-0.39, 0.29) is 6.10 Å². The molecule has 0 radical (unpaired) electrons. The summed E-state index contributed by atoms with van der Waals surface area (Å²) in [5.74, 6) is 1.52. The van der Waals surface area contributed by atoms with E-state index in [2.05, 4.69) is 22.0 Å². The summed E-state index contributed by atoms with van der Waals surface area (Å²) in [5.41, 5.74) is 0.929. The van der Waals surface area contributed by atoms with Crippen LogP contribution in [0.4, 0.5) is 0 Å². The van der Waals surface area contributed by atoms with Gasteiger partial charge in [-0.1, -0.05) is 25.1 Å². The maximum Gasteiger partial charge on any atom is 0.247 e. The summed E-state index contributed by atoms with van der Waals surface area (Å²) >= 11 is 0. The van der Waals surface area contributed by atoms with Gasteiger partial charge in [-0.15, -0.1) is 10.2 Å². The number of aliphatic hydroxyl groups excluding tert-OH is 1. The fourth-order valence-electron chi connectivity index (χ4n) is 2.46. The van der Waals surface area contributed by atoms with Crippen LogP contribution in [0.2, 0.25) is 0 Å². The molecule has 0 amide bonds. The highest BCUT2D eigenvalue weighted by Gasteiger charge is 2.25. The Bertz CT molecular complexity index is 555. The molecule has 1 N–H and O–H groups in total. The first-order chi connectivity index (χ1) is 9.72. The molecule has 1 aliphatic heterocycles. The lowest BCUT2D eigenvalue weighted by Gasteiger charge is -2.33. The van der Waals surface area contributed by atoms with Crippen molar-refractivity contribution in [3.63, 3.8) is 0 Å². The SMILES string of the molecule is CC1CCN(Cc2nnc(-c3ccccc3)o2)CC1O. The first kappa shape index (κ1) is 13.3. The lowest BCUT2D eigenvalue weighted by atomic mass is 9.96. The van der Waals surface area contributed by atoms with Crippen LogP contribution in [0, 0.1) is 5.92 Å². The van der Waals surface area contributed by atoms with E-state index in [1.165, 1.54) is 0 Å². The Labute approximate surface area is 118 Å². The largest absolute Gasteiger partial charge is 0.419 e. The Morgan fingerprint density at radius 2 is 2.10 bits per heavy atom. The maximum atomic E-state index is 9.90. The van der Waals surface area contributed by atoms with Crippen LogP contribution < -0.4 is 0 Å². The van der Waals surface area contributed by atoms with Gasteiger partial charge in [-0.2, -0.15) is 0 Å². The number of piperidine rings is 1. The molecule has 0 saturated carbocycles. The lowest BCUT2D eigenvalue weighted by molar-refractivity contribution is 0.0228. The number of hydrogen-bond donors (Lipinski definition) is 1. The summed E-state index contributed by atoms with van der Waals surface area (Å²) in [4.78, 5) is 2.16. The van der Waals surface area contributed by atoms with Gasteiger partial charge in [0, 0.05) is 12.1 Å². The molecule has 20 heavy (non-hydrogen) atoms. The van der Waals surface area contributed by atoms with E-state index in [1.54, 1.807) is 0 Å². The molecule has 2 heterocycles. The molecule has 1 aromatic heterocycles. The van der Waals surface area contributed by atoms with E-state index in [1.807, 2.05) is 30.3 Å². The van der Waals surface area contributed by atoms with Gasteiger partial charge in [0.25, 0.3) is 0 Å². The molecule has 0 spiro atoms. The zero-order valence-corrected chi connectivity index (χ0v) is 11.6. The van der Waals surface area contributed by atoms with Crippen molar-refractivity contribution in [2.75, 3.05) is 13.1 Å². The zero-order chi connectivity index (χ0) is 13.9. The number of hydrogen-bond acceptors (Lipinski definition) is 5. The van der Waals surface area contributed by atoms with Crippen LogP contribution in [0.5, 0.6) is 0 Å². The topological polar surface area (TPSA) is 62.4 Å². The minimum atomic E-state index is -0.264. The Balaban J connectivity index is 1.66. The monoisotopic (exact) mass is 273 g/mol. The predicted molar refractivity (Wildman–Crippen MR) is 74.8 cm³/mol. The van der Waals surface area contributed by atoms with Crippen molar-refractivity contribution in [2.24, 2.45) is 5.92 Å². The smallest absolute Gasteiger partial charge is 0.247 e. The summed E-state index contributed by atoms with van der Waals surface area (Å²) in [6.07, 6.45) is 0.737. The third-order valence-corrected chi connectivity index (χ3v) is 3.85. The van der Waals surface area contributed by atoms with E-state index in [0.29, 0.717) is 30.8 Å². The van der Waals surface area contributed by atoms with E-state index in [9.17, 15) is 5.11 Å². The van der Waals surface area contributed by atoms with Crippen molar-refractivity contribution in [1.82, 2.24) is 15.1 Å². The van der Waals surface area contributed by atoms with Crippen LogP contribution in [-0.2, 0) is 6.54 Å². The van der Waals surface area contributed by atoms with Gasteiger partial charge < -0.3 is 9.52 Å². The molecular weight excluding hydrogens is 254 g/mol. The minimum Gasteiger partial charge on any atom is -0.419 e. The zero-order valence-electron chi connectivity index (χ0n) is 11.6. The van der Waals surface area contributed by atoms with E-state index in [4.69, 9.17) is 4.42 Å². The molecule has 1 aliphatic rings. The molecule has 106 valence electrons. The molecule has 1 aromatic carbocycles. The van der Waals surface area contributed by atoms with Gasteiger partial charge >= 0.3 is 0 Å². The number of aliphatic hydroxyl groups is 1. The highest BCUT2D eigenvalue weighted by atomic mass is 16.4. The third-order valence-electron chi connectivity index (χ3n) is 3.85. The van der Waals surface area contributed by atoms with Crippen molar-refractivity contribution < 1.29 is 9.52 Å². The number of β-amino-alcohol motifs (C(OH)–C–C–N with tert-alkyl or cyclic N) is 1. The van der Waals surface area contributed by atoms with E-state index >= 15 is 0 Å². The molecule has 0 aliphatic carbocycles. The second-order valence-corrected chi connectivity index (χ2v) is 5.44. The molecule has 1 saturated heterocycles. The average Bonchev–Trinajstić information content (AvgIpc) is 2.92. The Morgan fingerprint density at radius 3 is 2.85 bits per heavy atom. The van der Waals surface area contributed by atoms with Gasteiger partial charge in [-0.3, -0.25) is 4.90 Å². The summed E-state index contributed by atoms with van der Waals surface area (Å²) in [6.45, 7) is 4.32. The summed E-state index contributed by atoms with van der Waals surface area (Å²) in [6, 6.07) is 9.74. The standard InChI is InChI=1S/C15H19N3O2/c1-11-7-8-18(9-13(11)19)10-14-16-17-15(20-14)12-5-3-2-4-6-12/h2-6,11,13,19H,7-10H2,1H3. The van der Waals surface area contributed by atoms with Gasteiger partial charge in [-0.05, 0) is 31.0 Å². The van der Waals surface area contributed by atoms with Gasteiger partial charge in [-0.25, -0.2) is 0 Å². The van der Waals surface area contributed by atoms with Crippen LogP contribution in [-0.4, -0.2) is 39.4 Å². The maximum absolute atomic E-state index is 9.90. The highest BCUT2D eigenvalue weighted by molar-refractivity contribution is 5.51. The predicted octanol–water partition coefficient (Wildman–Crippen LogP) is 1.94. The van der Waals surface area contributed by atoms with Crippen molar-refractivity contribution in [3.8, 4) is 11.5 Å². The van der Waals surface area contributed by atoms with Crippen LogP contribution >= 0.6 is 0 Å². The minimum absolute atomic E-state index is 0.264. The normalized spacial score (nSPS) is 23.9. The molecule has 3 rings (SSSR count). The quantitative estimate of drug-likeness (QED) is 0.926. The fraction of sp³-hybridized carbons (Fsp3) is 0.467. The number of nitrogens with zero attached hydrogens (tertiary/aromatic N) is 3. The van der Waals surface area contributed by atoms with Crippen LogP contribution in [0.15, 0.2) is 34.7 Å². The van der Waals surface area contributed by atoms with Gasteiger partial charge in [0.2, 0.25) is 11.8 Å². The number of aromatic nitrogens is 2. The molecule has 5 heteroatoms. The van der Waals surface area contributed by atoms with Crippen LogP contribution in [0.1, 0.15) is 19.2 Å². The van der Waals surface area contributed by atoms with Crippen LogP contribution in [0.25, 0.3) is 11.5 Å². The number of benzene rings is 1. The molecule has 2 unspecified atom stereocenters. The van der Waals surface area contributed by atoms with Crippen molar-refractivity contribution >= 4 is 0 Å². The fourth-order valence-corrected chi connectivity index (χ4v) is 2.46. The second kappa shape index (κ2) is 5.73. The molecule has 0 bridgehead atoms. The van der Waals surface area contributed by atoms with Gasteiger partial charge in [0.15, 0.2) is 0 Å². The van der Waals surface area contributed by atoms with Crippen LogP contribution in [0.3, 0.4) is 0 Å². The Morgan fingerprint density at radius 1 is 1.30 bits per heavy atom. The number of rotatable bonds is 3. The second-order valence-electron chi connectivity index (χ2n) is 5.44. The van der Waals surface area contributed by atoms with Crippen molar-refractivity contribution in [3.05, 3.63) is 36.2 Å². The highest BCUT2D eigenvalue weighted by Crippen LogP contribution is 2.21. The Kier molecular flexibility index (Phi) is 3.80. The van der Waals surface area contributed by atoms with Crippen molar-refractivity contribution in [2.45, 2.75) is 26.0 Å². The lowest BCUT2D eigenvalue weighted by Crippen LogP contribution is -2.42.